The van der Waals surface area contributed by atoms with E-state index in [0.717, 1.165) is 5.69 Å². The van der Waals surface area contributed by atoms with Crippen LogP contribution in [-0.2, 0) is 6.61 Å². The third-order valence-electron chi connectivity index (χ3n) is 4.53. The van der Waals surface area contributed by atoms with Crippen LogP contribution in [0.4, 0.5) is 10.1 Å². The van der Waals surface area contributed by atoms with Gasteiger partial charge in [-0.3, -0.25) is 9.78 Å². The van der Waals surface area contributed by atoms with E-state index in [9.17, 15) is 9.18 Å². The Labute approximate surface area is 173 Å². The molecule has 0 fully saturated rings. The first-order valence-electron chi connectivity index (χ1n) is 9.35. The van der Waals surface area contributed by atoms with Crippen molar-refractivity contribution in [3.8, 4) is 11.4 Å². The van der Waals surface area contributed by atoms with Crippen LogP contribution in [0.2, 0.25) is 0 Å². The highest BCUT2D eigenvalue weighted by atomic mass is 19.1. The second kappa shape index (κ2) is 8.57. The molecule has 6 nitrogen and oxygen atoms in total. The molecule has 150 valence electrons. The zero-order valence-corrected chi connectivity index (χ0v) is 16.2. The number of hydrogen-bond acceptors (Lipinski definition) is 4. The Hall–Kier alpha value is -4.00. The molecule has 0 unspecified atom stereocenters. The van der Waals surface area contributed by atoms with E-state index in [2.05, 4.69) is 15.4 Å². The summed E-state index contributed by atoms with van der Waals surface area (Å²) in [6.07, 6.45) is 3.21. The van der Waals surface area contributed by atoms with Gasteiger partial charge in [-0.15, -0.1) is 0 Å². The van der Waals surface area contributed by atoms with Gasteiger partial charge in [-0.25, -0.2) is 9.07 Å². The number of pyridine rings is 1. The van der Waals surface area contributed by atoms with Crippen LogP contribution in [0, 0.1) is 12.7 Å². The van der Waals surface area contributed by atoms with Crippen molar-refractivity contribution in [3.05, 3.63) is 102 Å². The molecule has 0 saturated carbocycles. The molecule has 2 aromatic carbocycles. The van der Waals surface area contributed by atoms with Crippen LogP contribution in [0.3, 0.4) is 0 Å². The fourth-order valence-corrected chi connectivity index (χ4v) is 2.98. The van der Waals surface area contributed by atoms with Gasteiger partial charge in [-0.05, 0) is 55.5 Å². The molecule has 0 aliphatic rings. The zero-order valence-electron chi connectivity index (χ0n) is 16.2. The number of carbonyl (C=O) groups is 1. The number of aromatic nitrogens is 3. The molecule has 1 N–H and O–H groups in total. The summed E-state index contributed by atoms with van der Waals surface area (Å²) in [6.45, 7) is 2.12. The van der Waals surface area contributed by atoms with Gasteiger partial charge < -0.3 is 10.1 Å². The lowest BCUT2D eigenvalue weighted by Gasteiger charge is -2.09. The van der Waals surface area contributed by atoms with Crippen molar-refractivity contribution in [2.45, 2.75) is 13.5 Å². The molecule has 4 aromatic rings. The van der Waals surface area contributed by atoms with Crippen LogP contribution in [0.15, 0.2) is 79.1 Å². The molecule has 0 atom stereocenters. The van der Waals surface area contributed by atoms with E-state index in [1.165, 1.54) is 18.3 Å². The highest BCUT2D eigenvalue weighted by Gasteiger charge is 2.15. The van der Waals surface area contributed by atoms with Gasteiger partial charge in [0.2, 0.25) is 0 Å². The molecule has 0 radical (unpaired) electrons. The molecule has 30 heavy (non-hydrogen) atoms. The Morgan fingerprint density at radius 1 is 1.10 bits per heavy atom. The fourth-order valence-electron chi connectivity index (χ4n) is 2.98. The van der Waals surface area contributed by atoms with Gasteiger partial charge in [-0.1, -0.05) is 12.1 Å². The first kappa shape index (κ1) is 19.3. The Morgan fingerprint density at radius 3 is 2.70 bits per heavy atom. The Morgan fingerprint density at radius 2 is 1.93 bits per heavy atom. The lowest BCUT2D eigenvalue weighted by Crippen LogP contribution is -2.13. The first-order valence-corrected chi connectivity index (χ1v) is 9.35. The summed E-state index contributed by atoms with van der Waals surface area (Å²) >= 11 is 0. The number of benzene rings is 2. The fraction of sp³-hybridized carbons (Fsp3) is 0.0870. The molecular formula is C23H19FN4O2. The average molecular weight is 402 g/mol. The summed E-state index contributed by atoms with van der Waals surface area (Å²) in [4.78, 5) is 17.0. The summed E-state index contributed by atoms with van der Waals surface area (Å²) < 4.78 is 20.5. The van der Waals surface area contributed by atoms with E-state index in [0.29, 0.717) is 35.0 Å². The molecule has 2 heterocycles. The van der Waals surface area contributed by atoms with Gasteiger partial charge in [0, 0.05) is 18.0 Å². The predicted octanol–water partition coefficient (Wildman–Crippen LogP) is 4.55. The van der Waals surface area contributed by atoms with Crippen LogP contribution < -0.4 is 10.1 Å². The summed E-state index contributed by atoms with van der Waals surface area (Å²) in [5.41, 5.74) is 3.18. The average Bonchev–Trinajstić information content (AvgIpc) is 3.15. The lowest BCUT2D eigenvalue weighted by molar-refractivity contribution is 0.102. The molecule has 1 amide bonds. The van der Waals surface area contributed by atoms with Gasteiger partial charge >= 0.3 is 0 Å². The summed E-state index contributed by atoms with van der Waals surface area (Å²) in [5, 5.41) is 7.12. The standard InChI is InChI=1S/C23H19FN4O2/c1-16-22(14-26-28(16)20-10-8-17(24)9-11-20)23(29)27-18-6-4-7-21(13-18)30-15-19-5-2-3-12-25-19/h2-14H,15H2,1H3,(H,27,29). The number of halogens is 1. The minimum atomic E-state index is -0.327. The highest BCUT2D eigenvalue weighted by molar-refractivity contribution is 6.05. The van der Waals surface area contributed by atoms with Gasteiger partial charge in [-0.2, -0.15) is 5.10 Å². The summed E-state index contributed by atoms with van der Waals surface area (Å²) in [7, 11) is 0. The van der Waals surface area contributed by atoms with Gasteiger partial charge in [0.15, 0.2) is 0 Å². The molecule has 0 aliphatic heterocycles. The minimum Gasteiger partial charge on any atom is -0.487 e. The van der Waals surface area contributed by atoms with Gasteiger partial charge in [0.25, 0.3) is 5.91 Å². The Bertz CT molecular complexity index is 1160. The summed E-state index contributed by atoms with van der Waals surface area (Å²) in [5.74, 6) is 0.00610. The van der Waals surface area contributed by atoms with Crippen molar-refractivity contribution in [2.24, 2.45) is 0 Å². The van der Waals surface area contributed by atoms with Crippen molar-refractivity contribution in [1.29, 1.82) is 0 Å². The van der Waals surface area contributed by atoms with E-state index in [1.54, 1.807) is 48.1 Å². The normalized spacial score (nSPS) is 10.6. The number of anilines is 1. The molecule has 0 spiro atoms. The van der Waals surface area contributed by atoms with E-state index >= 15 is 0 Å². The SMILES string of the molecule is Cc1c(C(=O)Nc2cccc(OCc3ccccn3)c2)cnn1-c1ccc(F)cc1. The topological polar surface area (TPSA) is 69.0 Å². The third-order valence-corrected chi connectivity index (χ3v) is 4.53. The summed E-state index contributed by atoms with van der Waals surface area (Å²) in [6, 6.07) is 18.7. The molecule has 0 aliphatic carbocycles. The molecule has 0 saturated heterocycles. The smallest absolute Gasteiger partial charge is 0.259 e. The number of nitrogens with one attached hydrogen (secondary N) is 1. The number of carbonyl (C=O) groups excluding carboxylic acids is 1. The monoisotopic (exact) mass is 402 g/mol. The maximum atomic E-state index is 13.2. The quantitative estimate of drug-likeness (QED) is 0.514. The van der Waals surface area contributed by atoms with E-state index < -0.39 is 0 Å². The van der Waals surface area contributed by atoms with Gasteiger partial charge in [0.05, 0.1) is 28.8 Å². The van der Waals surface area contributed by atoms with Crippen LogP contribution in [0.25, 0.3) is 5.69 Å². The minimum absolute atomic E-state index is 0.289. The van der Waals surface area contributed by atoms with E-state index in [-0.39, 0.29) is 11.7 Å². The maximum Gasteiger partial charge on any atom is 0.259 e. The molecule has 4 rings (SSSR count). The Balaban J connectivity index is 1.46. The van der Waals surface area contributed by atoms with E-state index in [4.69, 9.17) is 4.74 Å². The number of rotatable bonds is 6. The molecule has 7 heteroatoms. The molecule has 2 aromatic heterocycles. The maximum absolute atomic E-state index is 13.2. The third kappa shape index (κ3) is 4.35. The van der Waals surface area contributed by atoms with Crippen LogP contribution in [0.1, 0.15) is 21.7 Å². The second-order valence-corrected chi connectivity index (χ2v) is 6.62. The molecular weight excluding hydrogens is 383 g/mol. The number of hydrogen-bond donors (Lipinski definition) is 1. The van der Waals surface area contributed by atoms with Gasteiger partial charge in [0.1, 0.15) is 18.2 Å². The first-order chi connectivity index (χ1) is 14.6. The number of ether oxygens (including phenoxy) is 1. The Kier molecular flexibility index (Phi) is 5.52. The lowest BCUT2D eigenvalue weighted by atomic mass is 10.2. The predicted molar refractivity (Wildman–Crippen MR) is 111 cm³/mol. The second-order valence-electron chi connectivity index (χ2n) is 6.62. The highest BCUT2D eigenvalue weighted by Crippen LogP contribution is 2.20. The van der Waals surface area contributed by atoms with Crippen LogP contribution in [0.5, 0.6) is 5.75 Å². The van der Waals surface area contributed by atoms with E-state index in [1.807, 2.05) is 24.3 Å². The van der Waals surface area contributed by atoms with Crippen molar-refractivity contribution in [3.63, 3.8) is 0 Å². The largest absolute Gasteiger partial charge is 0.487 e. The number of amides is 1. The van der Waals surface area contributed by atoms with Crippen molar-refractivity contribution in [1.82, 2.24) is 14.8 Å². The zero-order chi connectivity index (χ0) is 20.9. The van der Waals surface area contributed by atoms with Crippen LogP contribution >= 0.6 is 0 Å². The van der Waals surface area contributed by atoms with Crippen LogP contribution in [-0.4, -0.2) is 20.7 Å². The van der Waals surface area contributed by atoms with Crippen molar-refractivity contribution in [2.75, 3.05) is 5.32 Å². The van der Waals surface area contributed by atoms with Crippen molar-refractivity contribution < 1.29 is 13.9 Å². The van der Waals surface area contributed by atoms with Crippen molar-refractivity contribution >= 4 is 11.6 Å². The molecule has 0 bridgehead atoms. The number of nitrogens with zero attached hydrogens (tertiary/aromatic N) is 3.